The number of hydrazine groups is 1. The zero-order valence-electron chi connectivity index (χ0n) is 8.30. The van der Waals surface area contributed by atoms with Gasteiger partial charge in [0, 0.05) is 11.3 Å². The van der Waals surface area contributed by atoms with E-state index in [0.717, 1.165) is 5.12 Å². The molecular formula is C9H15N5O. The van der Waals surface area contributed by atoms with E-state index < -0.39 is 0 Å². The van der Waals surface area contributed by atoms with E-state index in [1.165, 1.54) is 0 Å². The smallest absolute Gasteiger partial charge is 0.154 e. The lowest BCUT2D eigenvalue weighted by molar-refractivity contribution is 0.204. The van der Waals surface area contributed by atoms with Crippen molar-refractivity contribution in [3.05, 3.63) is 29.8 Å². The number of rotatable bonds is 4. The summed E-state index contributed by atoms with van der Waals surface area (Å²) in [6.07, 6.45) is 0. The molecule has 1 aromatic carbocycles. The van der Waals surface area contributed by atoms with Crippen molar-refractivity contribution in [1.82, 2.24) is 5.12 Å². The number of hydrogen-bond donors (Lipinski definition) is 4. The van der Waals surface area contributed by atoms with Crippen molar-refractivity contribution >= 4 is 11.5 Å². The van der Waals surface area contributed by atoms with Crippen molar-refractivity contribution in [2.24, 2.45) is 16.7 Å². The zero-order chi connectivity index (χ0) is 11.3. The quantitative estimate of drug-likeness (QED) is 0.168. The molecule has 7 N–H and O–H groups in total. The molecule has 0 fully saturated rings. The minimum Gasteiger partial charge on any atom is -0.398 e. The van der Waals surface area contributed by atoms with Gasteiger partial charge >= 0.3 is 0 Å². The van der Waals surface area contributed by atoms with Gasteiger partial charge < -0.3 is 16.6 Å². The third-order valence-corrected chi connectivity index (χ3v) is 1.80. The van der Waals surface area contributed by atoms with Crippen LogP contribution in [0.15, 0.2) is 29.4 Å². The van der Waals surface area contributed by atoms with Gasteiger partial charge in [0.2, 0.25) is 0 Å². The predicted octanol–water partition coefficient (Wildman–Crippen LogP) is -0.943. The molecule has 0 aliphatic carbocycles. The van der Waals surface area contributed by atoms with Crippen LogP contribution in [0.3, 0.4) is 0 Å². The second-order valence-electron chi connectivity index (χ2n) is 2.96. The molecule has 15 heavy (non-hydrogen) atoms. The van der Waals surface area contributed by atoms with Crippen LogP contribution < -0.4 is 17.3 Å². The highest BCUT2D eigenvalue weighted by Gasteiger charge is 2.03. The standard InChI is InChI=1S/C9H15N5O/c10-8-4-2-1-3-7(8)9(11)13-14(12)5-6-15/h1-4,15H,5-6,10,12H2,(H2,11,13). The Morgan fingerprint density at radius 1 is 1.40 bits per heavy atom. The lowest BCUT2D eigenvalue weighted by Gasteiger charge is -2.12. The topological polar surface area (TPSA) is 114 Å². The fraction of sp³-hybridized carbons (Fsp3) is 0.222. The van der Waals surface area contributed by atoms with Crippen molar-refractivity contribution < 1.29 is 5.11 Å². The molecule has 0 bridgehead atoms. The molecule has 0 spiro atoms. The molecule has 6 heteroatoms. The number of anilines is 1. The van der Waals surface area contributed by atoms with E-state index in [-0.39, 0.29) is 19.0 Å². The number of hydrazone groups is 1. The highest BCUT2D eigenvalue weighted by Crippen LogP contribution is 2.09. The molecule has 0 radical (unpaired) electrons. The van der Waals surface area contributed by atoms with Gasteiger partial charge in [0.1, 0.15) is 0 Å². The van der Waals surface area contributed by atoms with Crippen molar-refractivity contribution in [1.29, 1.82) is 0 Å². The Kier molecular flexibility index (Phi) is 3.90. The van der Waals surface area contributed by atoms with Crippen LogP contribution in [0, 0.1) is 0 Å². The Labute approximate surface area is 87.9 Å². The summed E-state index contributed by atoms with van der Waals surface area (Å²) >= 11 is 0. The first-order valence-electron chi connectivity index (χ1n) is 4.47. The summed E-state index contributed by atoms with van der Waals surface area (Å²) in [5.41, 5.74) is 12.6. The molecule has 6 nitrogen and oxygen atoms in total. The number of para-hydroxylation sites is 1. The number of benzene rings is 1. The van der Waals surface area contributed by atoms with Crippen LogP contribution in [0.4, 0.5) is 5.69 Å². The first-order chi connectivity index (χ1) is 7.15. The molecule has 1 aromatic rings. The Hall–Kier alpha value is -1.79. The molecule has 0 aliphatic rings. The maximum Gasteiger partial charge on any atom is 0.154 e. The van der Waals surface area contributed by atoms with Crippen LogP contribution in [-0.4, -0.2) is 29.2 Å². The molecule has 0 saturated heterocycles. The minimum absolute atomic E-state index is 0.0858. The molecule has 0 aliphatic heterocycles. The SMILES string of the molecule is N/C(=N\N(N)CCO)c1ccccc1N. The largest absolute Gasteiger partial charge is 0.398 e. The first kappa shape index (κ1) is 11.3. The lowest BCUT2D eigenvalue weighted by Crippen LogP contribution is -2.32. The van der Waals surface area contributed by atoms with E-state index >= 15 is 0 Å². The third kappa shape index (κ3) is 3.12. The first-order valence-corrected chi connectivity index (χ1v) is 4.47. The summed E-state index contributed by atoms with van der Waals surface area (Å²) in [6.45, 7) is 0.130. The molecule has 0 unspecified atom stereocenters. The molecule has 1 rings (SSSR count). The van der Waals surface area contributed by atoms with Gasteiger partial charge in [0.15, 0.2) is 5.84 Å². The number of amidine groups is 1. The second-order valence-corrected chi connectivity index (χ2v) is 2.96. The van der Waals surface area contributed by atoms with E-state index in [1.807, 2.05) is 0 Å². The Morgan fingerprint density at radius 2 is 2.07 bits per heavy atom. The lowest BCUT2D eigenvalue weighted by atomic mass is 10.2. The Morgan fingerprint density at radius 3 is 2.67 bits per heavy atom. The molecule has 0 atom stereocenters. The number of nitrogens with zero attached hydrogens (tertiary/aromatic N) is 2. The maximum atomic E-state index is 8.62. The number of aliphatic hydroxyl groups excluding tert-OH is 1. The summed E-state index contributed by atoms with van der Waals surface area (Å²) in [5, 5.41) is 13.6. The van der Waals surface area contributed by atoms with E-state index in [4.69, 9.17) is 22.4 Å². The average molecular weight is 209 g/mol. The van der Waals surface area contributed by atoms with Gasteiger partial charge in [-0.25, -0.2) is 11.0 Å². The fourth-order valence-electron chi connectivity index (χ4n) is 1.07. The molecule has 0 aromatic heterocycles. The average Bonchev–Trinajstić information content (AvgIpc) is 2.18. The molecular weight excluding hydrogens is 194 g/mol. The van der Waals surface area contributed by atoms with Crippen LogP contribution in [-0.2, 0) is 0 Å². The van der Waals surface area contributed by atoms with Gasteiger partial charge in [0.25, 0.3) is 0 Å². The number of nitrogen functional groups attached to an aromatic ring is 1. The normalized spacial score (nSPS) is 11.5. The van der Waals surface area contributed by atoms with Gasteiger partial charge in [-0.05, 0) is 12.1 Å². The van der Waals surface area contributed by atoms with Crippen LogP contribution in [0.2, 0.25) is 0 Å². The monoisotopic (exact) mass is 209 g/mol. The van der Waals surface area contributed by atoms with Crippen molar-refractivity contribution in [2.75, 3.05) is 18.9 Å². The summed E-state index contributed by atoms with van der Waals surface area (Å²) in [6, 6.07) is 7.09. The van der Waals surface area contributed by atoms with Crippen molar-refractivity contribution in [3.8, 4) is 0 Å². The Bertz CT molecular complexity index is 352. The number of hydrogen-bond acceptors (Lipinski definition) is 5. The van der Waals surface area contributed by atoms with Crippen LogP contribution in [0.5, 0.6) is 0 Å². The van der Waals surface area contributed by atoms with Crippen LogP contribution in [0.25, 0.3) is 0 Å². The minimum atomic E-state index is -0.0858. The van der Waals surface area contributed by atoms with E-state index in [2.05, 4.69) is 5.10 Å². The molecule has 0 amide bonds. The van der Waals surface area contributed by atoms with Crippen LogP contribution in [0.1, 0.15) is 5.56 Å². The van der Waals surface area contributed by atoms with E-state index in [9.17, 15) is 0 Å². The number of aliphatic hydroxyl groups is 1. The van der Waals surface area contributed by atoms with Crippen molar-refractivity contribution in [3.63, 3.8) is 0 Å². The molecule has 0 saturated carbocycles. The van der Waals surface area contributed by atoms with Gasteiger partial charge in [-0.15, -0.1) is 5.10 Å². The Balaban J connectivity index is 2.84. The van der Waals surface area contributed by atoms with Gasteiger partial charge in [-0.1, -0.05) is 12.1 Å². The summed E-state index contributed by atoms with van der Waals surface area (Å²) in [5.74, 6) is 5.66. The predicted molar refractivity (Wildman–Crippen MR) is 59.6 cm³/mol. The highest BCUT2D eigenvalue weighted by atomic mass is 16.3. The van der Waals surface area contributed by atoms with Gasteiger partial charge in [-0.3, -0.25) is 0 Å². The van der Waals surface area contributed by atoms with Crippen molar-refractivity contribution in [2.45, 2.75) is 0 Å². The molecule has 82 valence electrons. The van der Waals surface area contributed by atoms with Gasteiger partial charge in [-0.2, -0.15) is 0 Å². The van der Waals surface area contributed by atoms with Gasteiger partial charge in [0.05, 0.1) is 13.2 Å². The highest BCUT2D eigenvalue weighted by molar-refractivity contribution is 6.01. The summed E-state index contributed by atoms with van der Waals surface area (Å²) in [7, 11) is 0. The maximum absolute atomic E-state index is 8.62. The summed E-state index contributed by atoms with van der Waals surface area (Å²) in [4.78, 5) is 0. The van der Waals surface area contributed by atoms with E-state index in [0.29, 0.717) is 11.3 Å². The third-order valence-electron chi connectivity index (χ3n) is 1.80. The summed E-state index contributed by atoms with van der Waals surface area (Å²) < 4.78 is 0. The number of nitrogens with two attached hydrogens (primary N) is 3. The van der Waals surface area contributed by atoms with Crippen LogP contribution >= 0.6 is 0 Å². The fourth-order valence-corrected chi connectivity index (χ4v) is 1.07. The molecule has 0 heterocycles. The zero-order valence-corrected chi connectivity index (χ0v) is 8.30. The second kappa shape index (κ2) is 5.18. The van der Waals surface area contributed by atoms with E-state index in [1.54, 1.807) is 24.3 Å².